The molecular weight excluding hydrogens is 199 g/mol. The molecule has 1 aromatic rings. The van der Waals surface area contributed by atoms with Gasteiger partial charge in [0.15, 0.2) is 0 Å². The Morgan fingerprint density at radius 2 is 2.20 bits per heavy atom. The summed E-state index contributed by atoms with van der Waals surface area (Å²) in [5.41, 5.74) is 10.3. The van der Waals surface area contributed by atoms with Gasteiger partial charge in [-0.1, -0.05) is 0 Å². The molecule has 0 radical (unpaired) electrons. The summed E-state index contributed by atoms with van der Waals surface area (Å²) in [7, 11) is 1.49. The molecule has 1 rings (SSSR count). The molecule has 0 bridgehead atoms. The van der Waals surface area contributed by atoms with Crippen molar-refractivity contribution < 1.29 is 9.13 Å². The zero-order valence-electron chi connectivity index (χ0n) is 8.14. The van der Waals surface area contributed by atoms with Crippen molar-refractivity contribution in [2.24, 2.45) is 21.7 Å². The normalized spacial score (nSPS) is 10.3. The molecule has 0 amide bonds. The quantitative estimate of drug-likeness (QED) is 0.431. The van der Waals surface area contributed by atoms with E-state index in [4.69, 9.17) is 16.2 Å². The van der Waals surface area contributed by atoms with Crippen molar-refractivity contribution >= 4 is 12.2 Å². The van der Waals surface area contributed by atoms with Gasteiger partial charge in [0, 0.05) is 5.56 Å². The van der Waals surface area contributed by atoms with Crippen molar-refractivity contribution in [1.29, 1.82) is 0 Å². The average molecular weight is 210 g/mol. The fourth-order valence-electron chi connectivity index (χ4n) is 0.905. The van der Waals surface area contributed by atoms with E-state index in [9.17, 15) is 4.39 Å². The molecule has 0 aromatic heterocycles. The SMILES string of the molecule is COc1ccc(F)c(C=NN=C(N)N)c1. The van der Waals surface area contributed by atoms with E-state index in [0.29, 0.717) is 5.75 Å². The van der Waals surface area contributed by atoms with Crippen molar-refractivity contribution in [3.8, 4) is 5.75 Å². The van der Waals surface area contributed by atoms with Crippen LogP contribution >= 0.6 is 0 Å². The number of nitrogens with zero attached hydrogens (tertiary/aromatic N) is 2. The van der Waals surface area contributed by atoms with E-state index in [0.717, 1.165) is 0 Å². The van der Waals surface area contributed by atoms with Gasteiger partial charge < -0.3 is 16.2 Å². The number of halogens is 1. The lowest BCUT2D eigenvalue weighted by atomic mass is 10.2. The fraction of sp³-hybridized carbons (Fsp3) is 0.111. The molecule has 0 aliphatic rings. The highest BCUT2D eigenvalue weighted by Crippen LogP contribution is 2.14. The van der Waals surface area contributed by atoms with Gasteiger partial charge in [0.25, 0.3) is 0 Å². The highest BCUT2D eigenvalue weighted by molar-refractivity contribution is 5.82. The van der Waals surface area contributed by atoms with Crippen LogP contribution in [0, 0.1) is 5.82 Å². The van der Waals surface area contributed by atoms with Crippen LogP contribution in [0.1, 0.15) is 5.56 Å². The monoisotopic (exact) mass is 210 g/mol. The molecule has 80 valence electrons. The molecule has 1 aromatic carbocycles. The Bertz CT molecular complexity index is 399. The lowest BCUT2D eigenvalue weighted by Gasteiger charge is -2.00. The molecule has 0 atom stereocenters. The Morgan fingerprint density at radius 3 is 2.80 bits per heavy atom. The number of methoxy groups -OCH3 is 1. The number of benzene rings is 1. The minimum absolute atomic E-state index is 0.186. The van der Waals surface area contributed by atoms with Crippen LogP contribution in [0.15, 0.2) is 28.4 Å². The summed E-state index contributed by atoms with van der Waals surface area (Å²) in [4.78, 5) is 0. The number of rotatable bonds is 3. The Hall–Kier alpha value is -2.11. The Balaban J connectivity index is 2.93. The highest BCUT2D eigenvalue weighted by atomic mass is 19.1. The lowest BCUT2D eigenvalue weighted by molar-refractivity contribution is 0.413. The summed E-state index contributed by atoms with van der Waals surface area (Å²) >= 11 is 0. The molecule has 0 aliphatic heterocycles. The minimum Gasteiger partial charge on any atom is -0.497 e. The van der Waals surface area contributed by atoms with Crippen LogP contribution in [0.2, 0.25) is 0 Å². The van der Waals surface area contributed by atoms with Crippen molar-refractivity contribution in [2.75, 3.05) is 7.11 Å². The molecule has 0 spiro atoms. The Labute approximate surface area is 86.2 Å². The van der Waals surface area contributed by atoms with Crippen molar-refractivity contribution in [3.63, 3.8) is 0 Å². The molecule has 0 aliphatic carbocycles. The third kappa shape index (κ3) is 3.26. The molecule has 0 heterocycles. The van der Waals surface area contributed by atoms with Crippen LogP contribution in [-0.2, 0) is 0 Å². The first-order valence-electron chi connectivity index (χ1n) is 4.09. The summed E-state index contributed by atoms with van der Waals surface area (Å²) in [5, 5.41) is 6.85. The highest BCUT2D eigenvalue weighted by Gasteiger charge is 2.00. The maximum atomic E-state index is 13.2. The topological polar surface area (TPSA) is 86.0 Å². The first kappa shape index (κ1) is 11.0. The summed E-state index contributed by atoms with van der Waals surface area (Å²) in [6.07, 6.45) is 1.21. The third-order valence-electron chi connectivity index (χ3n) is 1.57. The molecular formula is C9H11FN4O. The van der Waals surface area contributed by atoms with Crippen LogP contribution in [0.4, 0.5) is 4.39 Å². The second kappa shape index (κ2) is 4.94. The number of hydrogen-bond acceptors (Lipinski definition) is 3. The average Bonchev–Trinajstić information content (AvgIpc) is 2.20. The molecule has 6 heteroatoms. The second-order valence-corrected chi connectivity index (χ2v) is 2.66. The molecule has 0 saturated heterocycles. The summed E-state index contributed by atoms with van der Waals surface area (Å²) in [6, 6.07) is 4.27. The molecule has 0 saturated carbocycles. The molecule has 5 nitrogen and oxygen atoms in total. The Morgan fingerprint density at radius 1 is 1.47 bits per heavy atom. The van der Waals surface area contributed by atoms with Gasteiger partial charge in [0.05, 0.1) is 13.3 Å². The smallest absolute Gasteiger partial charge is 0.211 e. The molecule has 15 heavy (non-hydrogen) atoms. The maximum Gasteiger partial charge on any atom is 0.211 e. The summed E-state index contributed by atoms with van der Waals surface area (Å²) in [6.45, 7) is 0. The summed E-state index contributed by atoms with van der Waals surface area (Å²) in [5.74, 6) is -0.0811. The van der Waals surface area contributed by atoms with Gasteiger partial charge in [0.2, 0.25) is 5.96 Å². The van der Waals surface area contributed by atoms with Crippen molar-refractivity contribution in [3.05, 3.63) is 29.6 Å². The lowest BCUT2D eigenvalue weighted by Crippen LogP contribution is -2.21. The standard InChI is InChI=1S/C9H11FN4O/c1-15-7-2-3-8(10)6(4-7)5-13-14-9(11)12/h2-5H,1H3,(H4,11,12,14). The Kier molecular flexibility index (Phi) is 3.61. The number of guanidine groups is 1. The van der Waals surface area contributed by atoms with Gasteiger partial charge in [0.1, 0.15) is 11.6 Å². The molecule has 0 fully saturated rings. The number of ether oxygens (including phenoxy) is 1. The van der Waals surface area contributed by atoms with E-state index in [2.05, 4.69) is 10.2 Å². The van der Waals surface area contributed by atoms with E-state index in [1.54, 1.807) is 0 Å². The predicted molar refractivity (Wildman–Crippen MR) is 56.4 cm³/mol. The maximum absolute atomic E-state index is 13.2. The summed E-state index contributed by atoms with van der Waals surface area (Å²) < 4.78 is 18.1. The van der Waals surface area contributed by atoms with Crippen LogP contribution in [0.5, 0.6) is 5.75 Å². The fourth-order valence-corrected chi connectivity index (χ4v) is 0.905. The van der Waals surface area contributed by atoms with Crippen LogP contribution in [-0.4, -0.2) is 19.3 Å². The number of hydrogen-bond donors (Lipinski definition) is 2. The first-order chi connectivity index (χ1) is 7.13. The number of nitrogens with two attached hydrogens (primary N) is 2. The van der Waals surface area contributed by atoms with Crippen molar-refractivity contribution in [2.45, 2.75) is 0 Å². The van der Waals surface area contributed by atoms with Crippen molar-refractivity contribution in [1.82, 2.24) is 0 Å². The second-order valence-electron chi connectivity index (χ2n) is 2.66. The van der Waals surface area contributed by atoms with Gasteiger partial charge >= 0.3 is 0 Å². The van der Waals surface area contributed by atoms with E-state index in [1.807, 2.05) is 0 Å². The zero-order chi connectivity index (χ0) is 11.3. The van der Waals surface area contributed by atoms with E-state index in [-0.39, 0.29) is 11.5 Å². The predicted octanol–water partition coefficient (Wildman–Crippen LogP) is 0.442. The van der Waals surface area contributed by atoms with E-state index >= 15 is 0 Å². The van der Waals surface area contributed by atoms with Gasteiger partial charge in [-0.05, 0) is 18.2 Å². The van der Waals surface area contributed by atoms with Crippen LogP contribution < -0.4 is 16.2 Å². The van der Waals surface area contributed by atoms with Crippen LogP contribution in [0.3, 0.4) is 0 Å². The first-order valence-corrected chi connectivity index (χ1v) is 4.09. The largest absolute Gasteiger partial charge is 0.497 e. The van der Waals surface area contributed by atoms with Gasteiger partial charge in [-0.15, -0.1) is 5.10 Å². The van der Waals surface area contributed by atoms with E-state index in [1.165, 1.54) is 31.5 Å². The molecule has 0 unspecified atom stereocenters. The van der Waals surface area contributed by atoms with E-state index < -0.39 is 5.82 Å². The zero-order valence-corrected chi connectivity index (χ0v) is 8.14. The van der Waals surface area contributed by atoms with Gasteiger partial charge in [-0.3, -0.25) is 0 Å². The van der Waals surface area contributed by atoms with Crippen LogP contribution in [0.25, 0.3) is 0 Å². The third-order valence-corrected chi connectivity index (χ3v) is 1.57. The molecule has 4 N–H and O–H groups in total. The van der Waals surface area contributed by atoms with Gasteiger partial charge in [-0.25, -0.2) is 4.39 Å². The minimum atomic E-state index is -0.426. The van der Waals surface area contributed by atoms with Gasteiger partial charge in [-0.2, -0.15) is 5.10 Å².